The summed E-state index contributed by atoms with van der Waals surface area (Å²) >= 11 is 0. The summed E-state index contributed by atoms with van der Waals surface area (Å²) in [5.41, 5.74) is -1.65. The van der Waals surface area contributed by atoms with Gasteiger partial charge in [0.05, 0.1) is 12.0 Å². The van der Waals surface area contributed by atoms with Crippen LogP contribution >= 0.6 is 0 Å². The van der Waals surface area contributed by atoms with E-state index in [1.807, 2.05) is 0 Å². The maximum absolute atomic E-state index is 14.3. The maximum atomic E-state index is 14.3. The van der Waals surface area contributed by atoms with Gasteiger partial charge in [-0.3, -0.25) is 0 Å². The predicted octanol–water partition coefficient (Wildman–Crippen LogP) is 7.07. The quantitative estimate of drug-likeness (QED) is 0.415. The molecule has 30 heavy (non-hydrogen) atoms. The Bertz CT molecular complexity index is 862. The second-order valence-electron chi connectivity index (χ2n) is 6.87. The average molecular weight is 444 g/mol. The van der Waals surface area contributed by atoms with Crippen molar-refractivity contribution in [1.82, 2.24) is 0 Å². The van der Waals surface area contributed by atoms with Gasteiger partial charge >= 0.3 is 23.9 Å². The largest absolute Gasteiger partial charge is 0.460 e. The lowest BCUT2D eigenvalue weighted by atomic mass is 9.82. The molecule has 0 aromatic heterocycles. The Labute approximate surface area is 166 Å². The fraction of sp³-hybridized carbons (Fsp3) is 0.400. The summed E-state index contributed by atoms with van der Waals surface area (Å²) in [6.07, 6.45) is -9.00. The SMILES string of the molecule is COC(C)(CC(F)(F)C(F)(F)C(F)(F)C(F)(F)F)c1ccccc1-c1ccccc1. The van der Waals surface area contributed by atoms with E-state index in [1.54, 1.807) is 30.3 Å². The molecule has 0 aliphatic rings. The van der Waals surface area contributed by atoms with Crippen LogP contribution in [-0.4, -0.2) is 31.1 Å². The van der Waals surface area contributed by atoms with Gasteiger partial charge < -0.3 is 4.74 Å². The van der Waals surface area contributed by atoms with Crippen molar-refractivity contribution in [2.75, 3.05) is 7.11 Å². The first-order chi connectivity index (χ1) is 13.6. The fourth-order valence-corrected chi connectivity index (χ4v) is 3.03. The molecule has 2 aromatic rings. The van der Waals surface area contributed by atoms with Crippen molar-refractivity contribution in [3.8, 4) is 11.1 Å². The molecule has 0 aliphatic heterocycles. The summed E-state index contributed by atoms with van der Waals surface area (Å²) < 4.78 is 125. The molecular formula is C20H17F9O. The molecule has 1 unspecified atom stereocenters. The first-order valence-corrected chi connectivity index (χ1v) is 8.51. The molecule has 2 aromatic carbocycles. The molecule has 0 bridgehead atoms. The van der Waals surface area contributed by atoms with E-state index >= 15 is 0 Å². The first kappa shape index (κ1) is 24.0. The Kier molecular flexibility index (Phi) is 6.24. The highest BCUT2D eigenvalue weighted by Gasteiger charge is 2.82. The normalized spacial score (nSPS) is 15.7. The summed E-state index contributed by atoms with van der Waals surface area (Å²) in [4.78, 5) is 0. The summed E-state index contributed by atoms with van der Waals surface area (Å²) in [5.74, 6) is -19.4. The number of methoxy groups -OCH3 is 1. The molecule has 0 saturated carbocycles. The van der Waals surface area contributed by atoms with Gasteiger partial charge in [0.15, 0.2) is 0 Å². The van der Waals surface area contributed by atoms with E-state index in [1.165, 1.54) is 24.3 Å². The predicted molar refractivity (Wildman–Crippen MR) is 91.8 cm³/mol. The van der Waals surface area contributed by atoms with Crippen LogP contribution in [-0.2, 0) is 10.3 Å². The summed E-state index contributed by atoms with van der Waals surface area (Å²) in [6.45, 7) is 0.921. The number of rotatable bonds is 7. The molecule has 0 amide bonds. The minimum absolute atomic E-state index is 0.0792. The van der Waals surface area contributed by atoms with Crippen LogP contribution in [0.15, 0.2) is 54.6 Å². The third-order valence-electron chi connectivity index (χ3n) is 4.80. The van der Waals surface area contributed by atoms with E-state index in [-0.39, 0.29) is 11.1 Å². The third-order valence-corrected chi connectivity index (χ3v) is 4.80. The van der Waals surface area contributed by atoms with E-state index in [4.69, 9.17) is 4.74 Å². The Balaban J connectivity index is 2.55. The molecule has 10 heteroatoms. The number of hydrogen-bond donors (Lipinski definition) is 0. The van der Waals surface area contributed by atoms with Gasteiger partial charge in [-0.05, 0) is 23.6 Å². The highest BCUT2D eigenvalue weighted by Crippen LogP contribution is 2.56. The van der Waals surface area contributed by atoms with Crippen LogP contribution in [0.3, 0.4) is 0 Å². The zero-order valence-electron chi connectivity index (χ0n) is 15.7. The van der Waals surface area contributed by atoms with Crippen molar-refractivity contribution in [3.63, 3.8) is 0 Å². The average Bonchev–Trinajstić information content (AvgIpc) is 2.67. The molecule has 0 heterocycles. The van der Waals surface area contributed by atoms with E-state index in [0.717, 1.165) is 14.0 Å². The lowest BCUT2D eigenvalue weighted by molar-refractivity contribution is -0.400. The van der Waals surface area contributed by atoms with Crippen LogP contribution in [0.1, 0.15) is 18.9 Å². The Morgan fingerprint density at radius 1 is 0.700 bits per heavy atom. The molecule has 0 aliphatic carbocycles. The summed E-state index contributed by atoms with van der Waals surface area (Å²) in [6, 6.07) is 13.7. The van der Waals surface area contributed by atoms with Gasteiger partial charge in [0, 0.05) is 7.11 Å². The zero-order valence-corrected chi connectivity index (χ0v) is 15.7. The number of alkyl halides is 9. The lowest BCUT2D eigenvalue weighted by Crippen LogP contribution is -2.62. The molecule has 1 atom stereocenters. The standard InChI is InChI=1S/C20H17F9O/c1-16(30-2,12-17(21,22)18(23,24)19(25,26)20(27,28)29)15-11-7-6-10-14(15)13-8-4-3-5-9-13/h3-11H,12H2,1-2H3. The van der Waals surface area contributed by atoms with Crippen LogP contribution in [0.4, 0.5) is 39.5 Å². The number of halogens is 9. The number of hydrogen-bond acceptors (Lipinski definition) is 1. The highest BCUT2D eigenvalue weighted by molar-refractivity contribution is 5.68. The molecule has 0 radical (unpaired) electrons. The van der Waals surface area contributed by atoms with Crippen molar-refractivity contribution in [1.29, 1.82) is 0 Å². The summed E-state index contributed by atoms with van der Waals surface area (Å²) in [7, 11) is 0.873. The van der Waals surface area contributed by atoms with Gasteiger partial charge in [-0.2, -0.15) is 39.5 Å². The van der Waals surface area contributed by atoms with Crippen LogP contribution in [0.5, 0.6) is 0 Å². The zero-order chi connectivity index (χ0) is 23.0. The van der Waals surface area contributed by atoms with Crippen molar-refractivity contribution < 1.29 is 44.3 Å². The number of ether oxygens (including phenoxy) is 1. The minimum atomic E-state index is -6.95. The van der Waals surface area contributed by atoms with Crippen LogP contribution < -0.4 is 0 Å². The Morgan fingerprint density at radius 3 is 1.70 bits per heavy atom. The van der Waals surface area contributed by atoms with E-state index < -0.39 is 36.0 Å². The Morgan fingerprint density at radius 2 is 1.20 bits per heavy atom. The van der Waals surface area contributed by atoms with Crippen molar-refractivity contribution >= 4 is 0 Å². The molecule has 0 spiro atoms. The van der Waals surface area contributed by atoms with Crippen molar-refractivity contribution in [3.05, 3.63) is 60.2 Å². The molecule has 0 fully saturated rings. The van der Waals surface area contributed by atoms with Crippen LogP contribution in [0, 0.1) is 0 Å². The molecule has 2 rings (SSSR count). The topological polar surface area (TPSA) is 9.23 Å². The minimum Gasteiger partial charge on any atom is -0.374 e. The van der Waals surface area contributed by atoms with Gasteiger partial charge in [-0.1, -0.05) is 54.6 Å². The Hall–Kier alpha value is -2.23. The second kappa shape index (κ2) is 7.79. The first-order valence-electron chi connectivity index (χ1n) is 8.51. The molecule has 0 N–H and O–H groups in total. The number of benzene rings is 2. The third kappa shape index (κ3) is 4.01. The molecule has 0 saturated heterocycles. The molecular weight excluding hydrogens is 427 g/mol. The van der Waals surface area contributed by atoms with Crippen molar-refractivity contribution in [2.24, 2.45) is 0 Å². The molecule has 166 valence electrons. The molecule has 1 nitrogen and oxygen atoms in total. The maximum Gasteiger partial charge on any atom is 0.460 e. The lowest BCUT2D eigenvalue weighted by Gasteiger charge is -2.39. The van der Waals surface area contributed by atoms with E-state index in [9.17, 15) is 39.5 Å². The van der Waals surface area contributed by atoms with Crippen LogP contribution in [0.25, 0.3) is 11.1 Å². The fourth-order valence-electron chi connectivity index (χ4n) is 3.03. The van der Waals surface area contributed by atoms with Gasteiger partial charge in [-0.25, -0.2) is 0 Å². The van der Waals surface area contributed by atoms with Gasteiger partial charge in [0.2, 0.25) is 0 Å². The van der Waals surface area contributed by atoms with E-state index in [0.29, 0.717) is 5.56 Å². The van der Waals surface area contributed by atoms with Gasteiger partial charge in [-0.15, -0.1) is 0 Å². The van der Waals surface area contributed by atoms with Gasteiger partial charge in [0.1, 0.15) is 0 Å². The van der Waals surface area contributed by atoms with Crippen molar-refractivity contribution in [2.45, 2.75) is 42.9 Å². The second-order valence-corrected chi connectivity index (χ2v) is 6.87. The monoisotopic (exact) mass is 444 g/mol. The smallest absolute Gasteiger partial charge is 0.374 e. The van der Waals surface area contributed by atoms with Gasteiger partial charge in [0.25, 0.3) is 0 Å². The summed E-state index contributed by atoms with van der Waals surface area (Å²) in [5, 5.41) is 0. The van der Waals surface area contributed by atoms with Crippen LogP contribution in [0.2, 0.25) is 0 Å². The highest BCUT2D eigenvalue weighted by atomic mass is 19.4. The van der Waals surface area contributed by atoms with E-state index in [2.05, 4.69) is 0 Å².